The van der Waals surface area contributed by atoms with Crippen LogP contribution >= 0.6 is 11.8 Å². The summed E-state index contributed by atoms with van der Waals surface area (Å²) < 4.78 is 0. The molecule has 116 valence electrons. The second-order valence-electron chi connectivity index (χ2n) is 6.27. The first-order chi connectivity index (χ1) is 10.1. The van der Waals surface area contributed by atoms with E-state index in [9.17, 15) is 14.4 Å². The van der Waals surface area contributed by atoms with Gasteiger partial charge in [-0.2, -0.15) is 11.8 Å². The van der Waals surface area contributed by atoms with Crippen molar-refractivity contribution >= 4 is 29.6 Å². The number of hydrogen-bond donors (Lipinski definition) is 1. The van der Waals surface area contributed by atoms with Crippen LogP contribution in [0.4, 0.5) is 4.79 Å². The van der Waals surface area contributed by atoms with Gasteiger partial charge in [-0.05, 0) is 37.9 Å². The van der Waals surface area contributed by atoms with E-state index in [0.717, 1.165) is 37.9 Å². The number of nitrogens with one attached hydrogen (secondary N) is 1. The largest absolute Gasteiger partial charge is 0.331 e. The minimum Gasteiger partial charge on any atom is -0.277 e. The molecule has 1 aliphatic heterocycles. The molecule has 2 saturated carbocycles. The Morgan fingerprint density at radius 1 is 1.24 bits per heavy atom. The number of amides is 4. The van der Waals surface area contributed by atoms with Crippen molar-refractivity contribution in [2.24, 2.45) is 5.41 Å². The molecule has 3 rings (SSSR count). The Bertz CT molecular complexity index is 474. The standard InChI is InChI=1S/C15H22N2O3S/c1-2-21-11-6-5-10(9-11)17-13(19)15(7-3-4-8-15)12(18)16-14(17)20/h10-11H,2-9H2,1H3,(H,16,18,20). The maximum Gasteiger partial charge on any atom is 0.331 e. The molecule has 21 heavy (non-hydrogen) atoms. The minimum absolute atomic E-state index is 0.0351. The summed E-state index contributed by atoms with van der Waals surface area (Å²) in [4.78, 5) is 38.6. The lowest BCUT2D eigenvalue weighted by Crippen LogP contribution is -2.65. The van der Waals surface area contributed by atoms with E-state index in [1.165, 1.54) is 4.90 Å². The van der Waals surface area contributed by atoms with Gasteiger partial charge in [-0.15, -0.1) is 0 Å². The lowest BCUT2D eigenvalue weighted by molar-refractivity contribution is -0.152. The van der Waals surface area contributed by atoms with Gasteiger partial charge in [0.15, 0.2) is 0 Å². The molecule has 2 unspecified atom stereocenters. The fourth-order valence-electron chi connectivity index (χ4n) is 3.99. The van der Waals surface area contributed by atoms with Gasteiger partial charge in [-0.3, -0.25) is 19.8 Å². The Balaban J connectivity index is 1.80. The van der Waals surface area contributed by atoms with Crippen LogP contribution in [0.15, 0.2) is 0 Å². The molecule has 2 aliphatic carbocycles. The van der Waals surface area contributed by atoms with Crippen LogP contribution in [0.2, 0.25) is 0 Å². The van der Waals surface area contributed by atoms with Gasteiger partial charge >= 0.3 is 6.03 Å². The molecule has 0 aromatic carbocycles. The van der Waals surface area contributed by atoms with Crippen molar-refractivity contribution in [1.82, 2.24) is 10.2 Å². The van der Waals surface area contributed by atoms with Crippen molar-refractivity contribution in [2.45, 2.75) is 63.2 Å². The lowest BCUT2D eigenvalue weighted by Gasteiger charge is -2.39. The van der Waals surface area contributed by atoms with Crippen LogP contribution < -0.4 is 5.32 Å². The van der Waals surface area contributed by atoms with E-state index in [-0.39, 0.29) is 17.9 Å². The first-order valence-electron chi connectivity index (χ1n) is 7.89. The van der Waals surface area contributed by atoms with Crippen LogP contribution in [0.25, 0.3) is 0 Å². The van der Waals surface area contributed by atoms with Gasteiger partial charge in [0.25, 0.3) is 0 Å². The predicted octanol–water partition coefficient (Wildman–Crippen LogP) is 2.30. The van der Waals surface area contributed by atoms with Crippen molar-refractivity contribution in [3.05, 3.63) is 0 Å². The van der Waals surface area contributed by atoms with Gasteiger partial charge in [0.05, 0.1) is 0 Å². The molecule has 5 nitrogen and oxygen atoms in total. The molecular formula is C15H22N2O3S. The number of nitrogens with zero attached hydrogens (tertiary/aromatic N) is 1. The average Bonchev–Trinajstić information content (AvgIpc) is 3.08. The molecule has 4 amide bonds. The number of hydrogen-bond acceptors (Lipinski definition) is 4. The predicted molar refractivity (Wildman–Crippen MR) is 80.8 cm³/mol. The summed E-state index contributed by atoms with van der Waals surface area (Å²) in [5.74, 6) is 0.449. The van der Waals surface area contributed by atoms with E-state index in [4.69, 9.17) is 0 Å². The average molecular weight is 310 g/mol. The van der Waals surface area contributed by atoms with Crippen molar-refractivity contribution in [3.8, 4) is 0 Å². The molecule has 0 aromatic heterocycles. The third-order valence-electron chi connectivity index (χ3n) is 5.08. The first-order valence-corrected chi connectivity index (χ1v) is 8.94. The van der Waals surface area contributed by atoms with Gasteiger partial charge < -0.3 is 0 Å². The van der Waals surface area contributed by atoms with Crippen molar-refractivity contribution < 1.29 is 14.4 Å². The molecule has 0 aromatic rings. The lowest BCUT2D eigenvalue weighted by atomic mass is 9.81. The highest BCUT2D eigenvalue weighted by atomic mass is 32.2. The van der Waals surface area contributed by atoms with Crippen molar-refractivity contribution in [1.29, 1.82) is 0 Å². The molecule has 0 bridgehead atoms. The van der Waals surface area contributed by atoms with Crippen LogP contribution in [-0.2, 0) is 9.59 Å². The van der Waals surface area contributed by atoms with E-state index in [1.54, 1.807) is 0 Å². The second-order valence-corrected chi connectivity index (χ2v) is 7.85. The summed E-state index contributed by atoms with van der Waals surface area (Å²) in [5.41, 5.74) is -0.954. The molecule has 3 fully saturated rings. The van der Waals surface area contributed by atoms with Gasteiger partial charge in [-0.1, -0.05) is 19.8 Å². The van der Waals surface area contributed by atoms with Crippen molar-refractivity contribution in [2.75, 3.05) is 5.75 Å². The van der Waals surface area contributed by atoms with Crippen LogP contribution in [0.3, 0.4) is 0 Å². The zero-order chi connectivity index (χ0) is 15.0. The summed E-state index contributed by atoms with van der Waals surface area (Å²) >= 11 is 1.90. The van der Waals surface area contributed by atoms with Crippen LogP contribution in [-0.4, -0.2) is 39.8 Å². The Morgan fingerprint density at radius 3 is 2.62 bits per heavy atom. The summed E-state index contributed by atoms with van der Waals surface area (Å²) in [6, 6.07) is -0.540. The fourth-order valence-corrected chi connectivity index (χ4v) is 5.12. The molecule has 1 heterocycles. The monoisotopic (exact) mass is 310 g/mol. The molecule has 6 heteroatoms. The normalized spacial score (nSPS) is 32.0. The van der Waals surface area contributed by atoms with Crippen LogP contribution in [0, 0.1) is 5.41 Å². The van der Waals surface area contributed by atoms with Crippen molar-refractivity contribution in [3.63, 3.8) is 0 Å². The number of thioether (sulfide) groups is 1. The maximum absolute atomic E-state index is 12.9. The van der Waals surface area contributed by atoms with Crippen LogP contribution in [0.5, 0.6) is 0 Å². The molecule has 0 radical (unpaired) electrons. The third kappa shape index (κ3) is 2.37. The zero-order valence-electron chi connectivity index (χ0n) is 12.4. The number of barbiturate groups is 1. The molecule has 1 saturated heterocycles. The number of rotatable bonds is 3. The Morgan fingerprint density at radius 2 is 1.95 bits per heavy atom. The van der Waals surface area contributed by atoms with Gasteiger partial charge in [-0.25, -0.2) is 4.79 Å². The fraction of sp³-hybridized carbons (Fsp3) is 0.800. The molecule has 1 N–H and O–H groups in total. The summed E-state index contributed by atoms with van der Waals surface area (Å²) in [7, 11) is 0. The van der Waals surface area contributed by atoms with E-state index >= 15 is 0 Å². The smallest absolute Gasteiger partial charge is 0.277 e. The molecule has 3 aliphatic rings. The summed E-state index contributed by atoms with van der Waals surface area (Å²) in [6.07, 6.45) is 5.72. The topological polar surface area (TPSA) is 66.5 Å². The molecular weight excluding hydrogens is 288 g/mol. The number of carbonyl (C=O) groups excluding carboxylic acids is 3. The van der Waals surface area contributed by atoms with Gasteiger partial charge in [0.2, 0.25) is 11.8 Å². The number of carbonyl (C=O) groups is 3. The third-order valence-corrected chi connectivity index (χ3v) is 6.32. The number of imide groups is 2. The van der Waals surface area contributed by atoms with Crippen LogP contribution in [0.1, 0.15) is 51.9 Å². The second kappa shape index (κ2) is 5.63. The molecule has 2 atom stereocenters. The molecule has 1 spiro atoms. The Hall–Kier alpha value is -1.04. The SMILES string of the molecule is CCSC1CCC(N2C(=O)NC(=O)C3(CCCC3)C2=O)C1. The van der Waals surface area contributed by atoms with E-state index in [0.29, 0.717) is 18.1 Å². The summed E-state index contributed by atoms with van der Waals surface area (Å²) in [6.45, 7) is 2.13. The minimum atomic E-state index is -0.954. The van der Waals surface area contributed by atoms with E-state index < -0.39 is 11.4 Å². The Labute approximate surface area is 129 Å². The van der Waals surface area contributed by atoms with Gasteiger partial charge in [0, 0.05) is 11.3 Å². The Kier molecular flexibility index (Phi) is 3.99. The maximum atomic E-state index is 12.9. The van der Waals surface area contributed by atoms with E-state index in [1.807, 2.05) is 11.8 Å². The summed E-state index contributed by atoms with van der Waals surface area (Å²) in [5, 5.41) is 2.96. The first kappa shape index (κ1) is 14.9. The quantitative estimate of drug-likeness (QED) is 0.812. The highest BCUT2D eigenvalue weighted by Gasteiger charge is 2.56. The number of urea groups is 1. The highest BCUT2D eigenvalue weighted by molar-refractivity contribution is 7.99. The van der Waals surface area contributed by atoms with E-state index in [2.05, 4.69) is 12.2 Å². The zero-order valence-corrected chi connectivity index (χ0v) is 13.2. The van der Waals surface area contributed by atoms with Gasteiger partial charge in [0.1, 0.15) is 5.41 Å². The highest BCUT2D eigenvalue weighted by Crippen LogP contribution is 2.44.